The highest BCUT2D eigenvalue weighted by Gasteiger charge is 2.26. The zero-order valence-corrected chi connectivity index (χ0v) is 10.7. The zero-order chi connectivity index (χ0) is 11.9. The van der Waals surface area contributed by atoms with Gasteiger partial charge >= 0.3 is 0 Å². The first-order valence-corrected chi connectivity index (χ1v) is 7.45. The molecule has 0 N–H and O–H groups in total. The van der Waals surface area contributed by atoms with Crippen LogP contribution in [0.2, 0.25) is 0 Å². The summed E-state index contributed by atoms with van der Waals surface area (Å²) >= 11 is 0. The van der Waals surface area contributed by atoms with Crippen molar-refractivity contribution in [3.05, 3.63) is 23.3 Å². The zero-order valence-electron chi connectivity index (χ0n) is 9.16. The van der Waals surface area contributed by atoms with Crippen LogP contribution in [0.3, 0.4) is 0 Å². The van der Waals surface area contributed by atoms with Crippen LogP contribution in [-0.2, 0) is 15.5 Å². The molecule has 0 spiro atoms. The minimum absolute atomic E-state index is 0.186. The molecule has 0 atom stereocenters. The van der Waals surface area contributed by atoms with Crippen molar-refractivity contribution in [1.82, 2.24) is 0 Å². The second kappa shape index (κ2) is 3.93. The number of ether oxygens (including phenoxy) is 1. The molecule has 16 heavy (non-hydrogen) atoms. The summed E-state index contributed by atoms with van der Waals surface area (Å²) in [5, 5.41) is 0. The van der Waals surface area contributed by atoms with Gasteiger partial charge in [0.2, 0.25) is 0 Å². The first kappa shape index (κ1) is 11.7. The maximum absolute atomic E-state index is 11.4. The summed E-state index contributed by atoms with van der Waals surface area (Å²) in [6.07, 6.45) is 0.608. The van der Waals surface area contributed by atoms with Crippen molar-refractivity contribution in [1.29, 1.82) is 0 Å². The maximum atomic E-state index is 11.4. The second-order valence-corrected chi connectivity index (χ2v) is 6.69. The van der Waals surface area contributed by atoms with Gasteiger partial charge in [0.1, 0.15) is 5.75 Å². The Kier molecular flexibility index (Phi) is 2.88. The minimum Gasteiger partial charge on any atom is -0.493 e. The first-order chi connectivity index (χ1) is 7.41. The lowest BCUT2D eigenvalue weighted by Crippen LogP contribution is -1.99. The number of benzene rings is 1. The van der Waals surface area contributed by atoms with E-state index in [9.17, 15) is 8.42 Å². The summed E-state index contributed by atoms with van der Waals surface area (Å²) in [5.74, 6) is 1.01. The number of hydrogen-bond acceptors (Lipinski definition) is 3. The molecule has 1 aromatic rings. The lowest BCUT2D eigenvalue weighted by atomic mass is 9.99. The third kappa shape index (κ3) is 1.92. The summed E-state index contributed by atoms with van der Waals surface area (Å²) in [5.41, 5.74) is 1.76. The Bertz CT molecular complexity index is 520. The Balaban J connectivity index is 2.67. The molecule has 0 saturated heterocycles. The standard InChI is InChI=1S/C11H13ClO3S/c1-7(2)8-3-4-10(16(12,13)14)9-5-6-15-11(8)9/h3-4,7H,5-6H2,1-2H3. The summed E-state index contributed by atoms with van der Waals surface area (Å²) < 4.78 is 28.3. The summed E-state index contributed by atoms with van der Waals surface area (Å²) in [6, 6.07) is 3.36. The van der Waals surface area contributed by atoms with E-state index < -0.39 is 9.05 Å². The third-order valence-corrected chi connectivity index (χ3v) is 4.14. The molecule has 0 unspecified atom stereocenters. The van der Waals surface area contributed by atoms with E-state index in [4.69, 9.17) is 15.4 Å². The van der Waals surface area contributed by atoms with Crippen LogP contribution in [0.1, 0.15) is 30.9 Å². The topological polar surface area (TPSA) is 43.4 Å². The fourth-order valence-electron chi connectivity index (χ4n) is 1.97. The van der Waals surface area contributed by atoms with Crippen LogP contribution in [0.15, 0.2) is 17.0 Å². The van der Waals surface area contributed by atoms with Crippen molar-refractivity contribution in [2.24, 2.45) is 0 Å². The highest BCUT2D eigenvalue weighted by Crippen LogP contribution is 2.38. The molecule has 5 heteroatoms. The van der Waals surface area contributed by atoms with Crippen molar-refractivity contribution in [3.8, 4) is 5.75 Å². The predicted molar refractivity (Wildman–Crippen MR) is 62.8 cm³/mol. The summed E-state index contributed by atoms with van der Waals surface area (Å²) in [7, 11) is 1.71. The molecule has 0 bridgehead atoms. The molecule has 0 aromatic heterocycles. The molecule has 1 aromatic carbocycles. The highest BCUT2D eigenvalue weighted by molar-refractivity contribution is 8.13. The molecule has 1 aliphatic rings. The molecule has 0 saturated carbocycles. The molecule has 0 radical (unpaired) electrons. The molecule has 1 heterocycles. The van der Waals surface area contributed by atoms with Gasteiger partial charge in [0.25, 0.3) is 9.05 Å². The van der Waals surface area contributed by atoms with Crippen molar-refractivity contribution in [3.63, 3.8) is 0 Å². The molecule has 3 nitrogen and oxygen atoms in total. The normalized spacial score (nSPS) is 15.0. The molecule has 1 aliphatic heterocycles. The molecule has 0 aliphatic carbocycles. The van der Waals surface area contributed by atoms with Crippen LogP contribution < -0.4 is 4.74 Å². The van der Waals surface area contributed by atoms with Crippen LogP contribution in [0.5, 0.6) is 5.75 Å². The van der Waals surface area contributed by atoms with E-state index in [1.807, 2.05) is 13.8 Å². The van der Waals surface area contributed by atoms with Crippen LogP contribution in [0.25, 0.3) is 0 Å². The first-order valence-electron chi connectivity index (χ1n) is 5.14. The highest BCUT2D eigenvalue weighted by atomic mass is 35.7. The van der Waals surface area contributed by atoms with Gasteiger partial charge in [-0.1, -0.05) is 19.9 Å². The number of rotatable bonds is 2. The van der Waals surface area contributed by atoms with Crippen molar-refractivity contribution >= 4 is 19.7 Å². The van der Waals surface area contributed by atoms with E-state index in [1.54, 1.807) is 12.1 Å². The fraction of sp³-hybridized carbons (Fsp3) is 0.455. The quantitative estimate of drug-likeness (QED) is 0.768. The Morgan fingerprint density at radius 3 is 2.62 bits per heavy atom. The molecule has 88 valence electrons. The van der Waals surface area contributed by atoms with Gasteiger partial charge in [-0.25, -0.2) is 8.42 Å². The molecular formula is C11H13ClO3S. The average Bonchev–Trinajstić information content (AvgIpc) is 2.61. The van der Waals surface area contributed by atoms with E-state index >= 15 is 0 Å². The van der Waals surface area contributed by atoms with E-state index in [0.29, 0.717) is 24.7 Å². The smallest absolute Gasteiger partial charge is 0.261 e. The Morgan fingerprint density at radius 1 is 1.38 bits per heavy atom. The molecule has 2 rings (SSSR count). The van der Waals surface area contributed by atoms with Crippen LogP contribution in [-0.4, -0.2) is 15.0 Å². The lowest BCUT2D eigenvalue weighted by Gasteiger charge is -2.12. The lowest BCUT2D eigenvalue weighted by molar-refractivity contribution is 0.352. The van der Waals surface area contributed by atoms with Crippen molar-refractivity contribution < 1.29 is 13.2 Å². The monoisotopic (exact) mass is 260 g/mol. The molecule has 0 fully saturated rings. The Morgan fingerprint density at radius 2 is 2.06 bits per heavy atom. The van der Waals surface area contributed by atoms with Crippen molar-refractivity contribution in [2.75, 3.05) is 6.61 Å². The molecule has 0 amide bonds. The largest absolute Gasteiger partial charge is 0.493 e. The van der Waals surface area contributed by atoms with Crippen LogP contribution in [0, 0.1) is 0 Å². The Hall–Kier alpha value is -0.740. The average molecular weight is 261 g/mol. The third-order valence-electron chi connectivity index (χ3n) is 2.73. The van der Waals surface area contributed by atoms with Crippen LogP contribution in [0.4, 0.5) is 0 Å². The van der Waals surface area contributed by atoms with Gasteiger partial charge < -0.3 is 4.74 Å². The molecular weight excluding hydrogens is 248 g/mol. The SMILES string of the molecule is CC(C)c1ccc(S(=O)(=O)Cl)c2c1OCC2. The predicted octanol–water partition coefficient (Wildman–Crippen LogP) is 2.67. The fourth-order valence-corrected chi connectivity index (χ4v) is 3.13. The number of fused-ring (bicyclic) bond motifs is 1. The van der Waals surface area contributed by atoms with Gasteiger partial charge in [-0.15, -0.1) is 0 Å². The summed E-state index contributed by atoms with van der Waals surface area (Å²) in [4.78, 5) is 0.186. The summed E-state index contributed by atoms with van der Waals surface area (Å²) in [6.45, 7) is 4.62. The minimum atomic E-state index is -3.68. The Labute approximate surface area is 99.8 Å². The van der Waals surface area contributed by atoms with E-state index in [-0.39, 0.29) is 4.90 Å². The van der Waals surface area contributed by atoms with Crippen molar-refractivity contribution in [2.45, 2.75) is 31.1 Å². The van der Waals surface area contributed by atoms with Gasteiger partial charge in [-0.05, 0) is 17.5 Å². The van der Waals surface area contributed by atoms with Gasteiger partial charge in [-0.3, -0.25) is 0 Å². The second-order valence-electron chi connectivity index (χ2n) is 4.15. The van der Waals surface area contributed by atoms with Crippen LogP contribution >= 0.6 is 10.7 Å². The maximum Gasteiger partial charge on any atom is 0.261 e. The van der Waals surface area contributed by atoms with Gasteiger partial charge in [0.05, 0.1) is 11.5 Å². The van der Waals surface area contributed by atoms with Gasteiger partial charge in [-0.2, -0.15) is 0 Å². The van der Waals surface area contributed by atoms with E-state index in [0.717, 1.165) is 11.1 Å². The van der Waals surface area contributed by atoms with Gasteiger partial charge in [0.15, 0.2) is 0 Å². The number of halogens is 1. The van der Waals surface area contributed by atoms with Gasteiger partial charge in [0, 0.05) is 22.7 Å². The van der Waals surface area contributed by atoms with E-state index in [1.165, 1.54) is 0 Å². The van der Waals surface area contributed by atoms with E-state index in [2.05, 4.69) is 0 Å². The number of hydrogen-bond donors (Lipinski definition) is 0.